The molecule has 0 radical (unpaired) electrons. The van der Waals surface area contributed by atoms with Gasteiger partial charge < -0.3 is 19.0 Å². The number of nitrogens with zero attached hydrogens (tertiary/aromatic N) is 2. The van der Waals surface area contributed by atoms with Gasteiger partial charge in [-0.1, -0.05) is 12.1 Å². The average molecular weight is 390 g/mol. The van der Waals surface area contributed by atoms with E-state index >= 15 is 0 Å². The molecule has 0 bridgehead atoms. The number of ether oxygens (including phenoxy) is 3. The topological polar surface area (TPSA) is 70.1 Å². The van der Waals surface area contributed by atoms with Crippen LogP contribution in [0.3, 0.4) is 0 Å². The van der Waals surface area contributed by atoms with Gasteiger partial charge in [-0.3, -0.25) is 4.98 Å². The molecule has 0 amide bonds. The van der Waals surface area contributed by atoms with E-state index in [2.05, 4.69) is 4.98 Å². The van der Waals surface area contributed by atoms with Crippen molar-refractivity contribution in [3.8, 4) is 0 Å². The molecular formula is C21H30N2O5. The summed E-state index contributed by atoms with van der Waals surface area (Å²) < 4.78 is 16.6. The second-order valence-electron chi connectivity index (χ2n) is 8.08. The number of carbonyl (C=O) groups is 1. The molecule has 7 nitrogen and oxygen atoms in total. The molecule has 154 valence electrons. The van der Waals surface area contributed by atoms with Gasteiger partial charge in [0, 0.05) is 19.3 Å². The van der Waals surface area contributed by atoms with E-state index in [1.165, 1.54) is 0 Å². The van der Waals surface area contributed by atoms with Crippen molar-refractivity contribution in [1.82, 2.24) is 10.0 Å². The lowest BCUT2D eigenvalue weighted by Crippen LogP contribution is -2.34. The van der Waals surface area contributed by atoms with Crippen LogP contribution in [0.1, 0.15) is 57.7 Å². The largest absolute Gasteiger partial charge is 0.528 e. The molecule has 1 fully saturated rings. The Hall–Kier alpha value is -1.96. The van der Waals surface area contributed by atoms with Crippen LogP contribution in [0, 0.1) is 0 Å². The molecular weight excluding hydrogens is 360 g/mol. The lowest BCUT2D eigenvalue weighted by molar-refractivity contribution is -0.168. The standard InChI is InChI=1S/C21H30N2O5/c1-21(2,3)27-20(24)28-23-11-9-17(10-12-23)18-8-7-16(14-22-18)15-26-19-6-4-5-13-25-19/h7-9,14,19H,4-6,10-13,15H2,1-3H3. The Morgan fingerprint density at radius 2 is 2.18 bits per heavy atom. The van der Waals surface area contributed by atoms with Crippen molar-refractivity contribution in [2.24, 2.45) is 0 Å². The molecule has 0 N–H and O–H groups in total. The van der Waals surface area contributed by atoms with Crippen LogP contribution in [-0.2, 0) is 25.7 Å². The number of hydrogen-bond donors (Lipinski definition) is 0. The lowest BCUT2D eigenvalue weighted by atomic mass is 10.0. The number of carbonyl (C=O) groups excluding carboxylic acids is 1. The monoisotopic (exact) mass is 390 g/mol. The minimum atomic E-state index is -0.672. The molecule has 3 rings (SSSR count). The Kier molecular flexibility index (Phi) is 7.04. The van der Waals surface area contributed by atoms with Gasteiger partial charge in [0.25, 0.3) is 0 Å². The number of pyridine rings is 1. The summed E-state index contributed by atoms with van der Waals surface area (Å²) in [5.74, 6) is 0. The lowest BCUT2D eigenvalue weighted by Gasteiger charge is -2.26. The fraction of sp³-hybridized carbons (Fsp3) is 0.619. The maximum Gasteiger partial charge on any atom is 0.528 e. The normalized spacial score (nSPS) is 21.1. The van der Waals surface area contributed by atoms with Crippen LogP contribution in [-0.4, -0.2) is 47.8 Å². The van der Waals surface area contributed by atoms with E-state index in [0.29, 0.717) is 19.7 Å². The van der Waals surface area contributed by atoms with Crippen molar-refractivity contribution >= 4 is 11.7 Å². The van der Waals surface area contributed by atoms with Gasteiger partial charge in [0.2, 0.25) is 0 Å². The minimum Gasteiger partial charge on any atom is -0.427 e. The molecule has 7 heteroatoms. The number of aromatic nitrogens is 1. The fourth-order valence-corrected chi connectivity index (χ4v) is 3.07. The predicted molar refractivity (Wildman–Crippen MR) is 104 cm³/mol. The van der Waals surface area contributed by atoms with Crippen LogP contribution in [0.2, 0.25) is 0 Å². The van der Waals surface area contributed by atoms with Gasteiger partial charge >= 0.3 is 6.16 Å². The summed E-state index contributed by atoms with van der Waals surface area (Å²) in [5.41, 5.74) is 2.55. The van der Waals surface area contributed by atoms with Gasteiger partial charge in [0.1, 0.15) is 5.60 Å². The predicted octanol–water partition coefficient (Wildman–Crippen LogP) is 4.08. The van der Waals surface area contributed by atoms with Crippen molar-refractivity contribution in [3.05, 3.63) is 35.7 Å². The Morgan fingerprint density at radius 1 is 1.32 bits per heavy atom. The van der Waals surface area contributed by atoms with E-state index in [1.807, 2.05) is 45.2 Å². The molecule has 0 saturated carbocycles. The second-order valence-corrected chi connectivity index (χ2v) is 8.08. The average Bonchev–Trinajstić information content (AvgIpc) is 2.67. The molecule has 1 atom stereocenters. The first-order valence-corrected chi connectivity index (χ1v) is 9.92. The van der Waals surface area contributed by atoms with E-state index in [1.54, 1.807) is 5.06 Å². The summed E-state index contributed by atoms with van der Waals surface area (Å²) in [4.78, 5) is 21.6. The summed E-state index contributed by atoms with van der Waals surface area (Å²) in [5, 5.41) is 1.60. The third kappa shape index (κ3) is 6.58. The number of hydrogen-bond acceptors (Lipinski definition) is 7. The molecule has 28 heavy (non-hydrogen) atoms. The first-order valence-electron chi connectivity index (χ1n) is 9.92. The fourth-order valence-electron chi connectivity index (χ4n) is 3.07. The van der Waals surface area contributed by atoms with Crippen molar-refractivity contribution in [1.29, 1.82) is 0 Å². The van der Waals surface area contributed by atoms with Gasteiger partial charge in [0.05, 0.1) is 18.8 Å². The van der Waals surface area contributed by atoms with Gasteiger partial charge in [-0.15, -0.1) is 5.06 Å². The minimum absolute atomic E-state index is 0.0922. The van der Waals surface area contributed by atoms with Crippen molar-refractivity contribution in [2.45, 2.75) is 65.0 Å². The summed E-state index contributed by atoms with van der Waals surface area (Å²) in [6.07, 6.45) is 7.10. The van der Waals surface area contributed by atoms with Crippen LogP contribution in [0.4, 0.5) is 4.79 Å². The van der Waals surface area contributed by atoms with E-state index in [0.717, 1.165) is 49.1 Å². The van der Waals surface area contributed by atoms with E-state index < -0.39 is 11.8 Å². The van der Waals surface area contributed by atoms with E-state index in [4.69, 9.17) is 19.0 Å². The summed E-state index contributed by atoms with van der Waals surface area (Å²) >= 11 is 0. The van der Waals surface area contributed by atoms with Gasteiger partial charge in [-0.25, -0.2) is 4.79 Å². The van der Waals surface area contributed by atoms with Gasteiger partial charge in [-0.05, 0) is 63.7 Å². The molecule has 0 aromatic carbocycles. The zero-order valence-corrected chi connectivity index (χ0v) is 17.0. The number of rotatable bonds is 5. The Balaban J connectivity index is 1.46. The molecule has 2 aliphatic heterocycles. The van der Waals surface area contributed by atoms with Crippen molar-refractivity contribution in [3.63, 3.8) is 0 Å². The third-order valence-corrected chi connectivity index (χ3v) is 4.49. The first kappa shape index (κ1) is 20.8. The van der Waals surface area contributed by atoms with Crippen molar-refractivity contribution < 1.29 is 23.8 Å². The molecule has 1 unspecified atom stereocenters. The highest BCUT2D eigenvalue weighted by atomic mass is 16.8. The molecule has 2 aliphatic rings. The molecule has 0 aliphatic carbocycles. The van der Waals surface area contributed by atoms with Gasteiger partial charge in [-0.2, -0.15) is 0 Å². The quantitative estimate of drug-likeness (QED) is 0.702. The zero-order chi connectivity index (χ0) is 20.0. The van der Waals surface area contributed by atoms with Crippen LogP contribution in [0.25, 0.3) is 5.57 Å². The first-order chi connectivity index (χ1) is 13.4. The molecule has 0 spiro atoms. The van der Waals surface area contributed by atoms with Crippen molar-refractivity contribution in [2.75, 3.05) is 19.7 Å². The summed E-state index contributed by atoms with van der Waals surface area (Å²) in [6.45, 7) is 7.84. The van der Waals surface area contributed by atoms with E-state index in [-0.39, 0.29) is 6.29 Å². The third-order valence-electron chi connectivity index (χ3n) is 4.49. The smallest absolute Gasteiger partial charge is 0.427 e. The van der Waals surface area contributed by atoms with Gasteiger partial charge in [0.15, 0.2) is 6.29 Å². The Bertz CT molecular complexity index is 675. The summed E-state index contributed by atoms with van der Waals surface area (Å²) in [7, 11) is 0. The molecule has 3 heterocycles. The molecule has 1 saturated heterocycles. The molecule has 1 aromatic rings. The Morgan fingerprint density at radius 3 is 2.79 bits per heavy atom. The zero-order valence-electron chi connectivity index (χ0n) is 17.0. The summed E-state index contributed by atoms with van der Waals surface area (Å²) in [6, 6.07) is 4.05. The van der Waals surface area contributed by atoms with Crippen LogP contribution >= 0.6 is 0 Å². The highest BCUT2D eigenvalue weighted by Gasteiger charge is 2.22. The Labute approximate surface area is 166 Å². The maximum atomic E-state index is 11.8. The van der Waals surface area contributed by atoms with E-state index in [9.17, 15) is 4.79 Å². The number of hydroxylamine groups is 2. The highest BCUT2D eigenvalue weighted by Crippen LogP contribution is 2.22. The SMILES string of the molecule is CC(C)(C)OC(=O)ON1CC=C(c2ccc(COC3CCCCO3)cn2)CC1. The highest BCUT2D eigenvalue weighted by molar-refractivity contribution is 5.64. The van der Waals surface area contributed by atoms with Crippen LogP contribution in [0.5, 0.6) is 0 Å². The van der Waals surface area contributed by atoms with Crippen LogP contribution < -0.4 is 0 Å². The maximum absolute atomic E-state index is 11.8. The second kappa shape index (κ2) is 9.49. The van der Waals surface area contributed by atoms with Crippen LogP contribution in [0.15, 0.2) is 24.4 Å². The molecule has 1 aromatic heterocycles.